The van der Waals surface area contributed by atoms with Crippen molar-refractivity contribution in [2.24, 2.45) is 0 Å². The molecule has 3 aromatic carbocycles. The Kier molecular flexibility index (Phi) is 5.93. The van der Waals surface area contributed by atoms with Crippen LogP contribution in [0.3, 0.4) is 0 Å². The van der Waals surface area contributed by atoms with Crippen molar-refractivity contribution >= 4 is 32.6 Å². The molecule has 0 radical (unpaired) electrons. The van der Waals surface area contributed by atoms with Gasteiger partial charge in [0.05, 0.1) is 16.8 Å². The van der Waals surface area contributed by atoms with Crippen molar-refractivity contribution in [3.63, 3.8) is 0 Å². The van der Waals surface area contributed by atoms with Gasteiger partial charge in [-0.1, -0.05) is 41.7 Å². The van der Waals surface area contributed by atoms with Crippen LogP contribution in [0.1, 0.15) is 15.9 Å². The standard InChI is InChI=1S/C28H21N3O4S/c32-27(20-7-4-10-22(14-20)35-21-8-2-1-3-9-21)31(18-19-6-5-11-29-17-19)28-30-23-15-24-25(16-26(23)36-28)34-13-12-33-24/h1-11,14-17H,12-13,18H2. The number of ether oxygens (including phenoxy) is 3. The quantitative estimate of drug-likeness (QED) is 0.283. The highest BCUT2D eigenvalue weighted by atomic mass is 32.1. The molecule has 7 nitrogen and oxygen atoms in total. The van der Waals surface area contributed by atoms with Crippen LogP contribution >= 0.6 is 11.3 Å². The van der Waals surface area contributed by atoms with Gasteiger partial charge in [-0.15, -0.1) is 0 Å². The highest BCUT2D eigenvalue weighted by Gasteiger charge is 2.24. The molecule has 0 N–H and O–H groups in total. The van der Waals surface area contributed by atoms with E-state index in [1.54, 1.807) is 29.4 Å². The molecule has 0 unspecified atom stereocenters. The number of anilines is 1. The van der Waals surface area contributed by atoms with Crippen molar-refractivity contribution in [3.05, 3.63) is 102 Å². The van der Waals surface area contributed by atoms with Gasteiger partial charge in [0, 0.05) is 30.1 Å². The molecule has 1 aliphatic rings. The Bertz CT molecular complexity index is 1480. The Balaban J connectivity index is 1.36. The molecule has 2 aromatic heterocycles. The van der Waals surface area contributed by atoms with Gasteiger partial charge in [-0.2, -0.15) is 0 Å². The smallest absolute Gasteiger partial charge is 0.260 e. The second-order valence-corrected chi connectivity index (χ2v) is 9.16. The van der Waals surface area contributed by atoms with E-state index >= 15 is 0 Å². The minimum absolute atomic E-state index is 0.186. The molecule has 6 rings (SSSR count). The highest BCUT2D eigenvalue weighted by molar-refractivity contribution is 7.22. The van der Waals surface area contributed by atoms with Crippen LogP contribution in [0.15, 0.2) is 91.3 Å². The van der Waals surface area contributed by atoms with Crippen LogP contribution in [0.25, 0.3) is 10.2 Å². The van der Waals surface area contributed by atoms with Gasteiger partial charge in [0.25, 0.3) is 5.91 Å². The minimum atomic E-state index is -0.186. The van der Waals surface area contributed by atoms with Crippen molar-refractivity contribution in [1.29, 1.82) is 0 Å². The summed E-state index contributed by atoms with van der Waals surface area (Å²) in [5.41, 5.74) is 2.15. The fourth-order valence-electron chi connectivity index (χ4n) is 3.94. The molecule has 0 atom stereocenters. The molecule has 1 amide bonds. The molecule has 8 heteroatoms. The van der Waals surface area contributed by atoms with Crippen LogP contribution in [0.4, 0.5) is 5.13 Å². The zero-order valence-electron chi connectivity index (χ0n) is 19.2. The lowest BCUT2D eigenvalue weighted by atomic mass is 10.1. The van der Waals surface area contributed by atoms with E-state index in [4.69, 9.17) is 19.2 Å². The SMILES string of the molecule is O=C(c1cccc(Oc2ccccc2)c1)N(Cc1cccnc1)c1nc2cc3c(cc2s1)OCCO3. The number of fused-ring (bicyclic) bond motifs is 2. The predicted octanol–water partition coefficient (Wildman–Crippen LogP) is 6.10. The lowest BCUT2D eigenvalue weighted by molar-refractivity contribution is 0.0985. The van der Waals surface area contributed by atoms with E-state index in [-0.39, 0.29) is 5.91 Å². The number of pyridine rings is 1. The third kappa shape index (κ3) is 4.58. The summed E-state index contributed by atoms with van der Waals surface area (Å²) < 4.78 is 18.3. The fourth-order valence-corrected chi connectivity index (χ4v) is 4.92. The summed E-state index contributed by atoms with van der Waals surface area (Å²) in [6, 6.07) is 24.2. The summed E-state index contributed by atoms with van der Waals surface area (Å²) in [7, 11) is 0. The van der Waals surface area contributed by atoms with Crippen LogP contribution in [-0.2, 0) is 6.54 Å². The lowest BCUT2D eigenvalue weighted by Crippen LogP contribution is -2.30. The van der Waals surface area contributed by atoms with Crippen LogP contribution in [0, 0.1) is 0 Å². The third-order valence-corrected chi connectivity index (χ3v) is 6.68. The van der Waals surface area contributed by atoms with Gasteiger partial charge in [-0.05, 0) is 42.0 Å². The second kappa shape index (κ2) is 9.67. The first-order valence-electron chi connectivity index (χ1n) is 11.5. The number of hydrogen-bond acceptors (Lipinski definition) is 7. The number of aromatic nitrogens is 2. The number of rotatable bonds is 6. The maximum atomic E-state index is 13.9. The van der Waals surface area contributed by atoms with Crippen molar-refractivity contribution in [2.45, 2.75) is 6.54 Å². The summed E-state index contributed by atoms with van der Waals surface area (Å²) in [6.45, 7) is 1.34. The molecule has 0 spiro atoms. The number of carbonyl (C=O) groups is 1. The highest BCUT2D eigenvalue weighted by Crippen LogP contribution is 2.39. The Morgan fingerprint density at radius 2 is 1.72 bits per heavy atom. The molecule has 0 saturated heterocycles. The summed E-state index contributed by atoms with van der Waals surface area (Å²) in [4.78, 5) is 24.5. The van der Waals surface area contributed by atoms with Gasteiger partial charge < -0.3 is 14.2 Å². The molecule has 178 valence electrons. The average molecular weight is 496 g/mol. The molecule has 0 bridgehead atoms. The number of amides is 1. The van der Waals surface area contributed by atoms with Gasteiger partial charge in [0.1, 0.15) is 24.7 Å². The number of carbonyl (C=O) groups excluding carboxylic acids is 1. The minimum Gasteiger partial charge on any atom is -0.486 e. The van der Waals surface area contributed by atoms with Crippen LogP contribution < -0.4 is 19.1 Å². The molecule has 1 aliphatic heterocycles. The first-order valence-corrected chi connectivity index (χ1v) is 12.3. The van der Waals surface area contributed by atoms with Crippen molar-refractivity contribution in [1.82, 2.24) is 9.97 Å². The van der Waals surface area contributed by atoms with Gasteiger partial charge in [-0.3, -0.25) is 14.7 Å². The normalized spacial score (nSPS) is 12.3. The predicted molar refractivity (Wildman–Crippen MR) is 138 cm³/mol. The summed E-state index contributed by atoms with van der Waals surface area (Å²) in [6.07, 6.45) is 3.46. The van der Waals surface area contributed by atoms with E-state index in [9.17, 15) is 4.79 Å². The number of hydrogen-bond donors (Lipinski definition) is 0. The first kappa shape index (κ1) is 22.1. The lowest BCUT2D eigenvalue weighted by Gasteiger charge is -2.20. The van der Waals surface area contributed by atoms with E-state index in [0.717, 1.165) is 15.8 Å². The molecule has 36 heavy (non-hydrogen) atoms. The third-order valence-electron chi connectivity index (χ3n) is 5.64. The van der Waals surface area contributed by atoms with E-state index < -0.39 is 0 Å². The maximum absolute atomic E-state index is 13.9. The Morgan fingerprint density at radius 3 is 2.53 bits per heavy atom. The largest absolute Gasteiger partial charge is 0.486 e. The molecular formula is C28H21N3O4S. The Morgan fingerprint density at radius 1 is 0.917 bits per heavy atom. The van der Waals surface area contributed by atoms with E-state index in [1.807, 2.05) is 66.7 Å². The summed E-state index contributed by atoms with van der Waals surface area (Å²) in [5.74, 6) is 2.46. The van der Waals surface area contributed by atoms with Crippen molar-refractivity contribution in [3.8, 4) is 23.0 Å². The number of nitrogens with zero attached hydrogens (tertiary/aromatic N) is 3. The molecule has 0 fully saturated rings. The van der Waals surface area contributed by atoms with Gasteiger partial charge in [0.15, 0.2) is 16.6 Å². The molecule has 0 saturated carbocycles. The Hall–Kier alpha value is -4.43. The fraction of sp³-hybridized carbons (Fsp3) is 0.107. The maximum Gasteiger partial charge on any atom is 0.260 e. The average Bonchev–Trinajstić information content (AvgIpc) is 3.34. The second-order valence-electron chi connectivity index (χ2n) is 8.16. The van der Waals surface area contributed by atoms with Gasteiger partial charge >= 0.3 is 0 Å². The van der Waals surface area contributed by atoms with E-state index in [2.05, 4.69) is 4.98 Å². The van der Waals surface area contributed by atoms with E-state index in [0.29, 0.717) is 53.5 Å². The molecule has 5 aromatic rings. The number of benzene rings is 3. The van der Waals surface area contributed by atoms with Crippen LogP contribution in [0.2, 0.25) is 0 Å². The molecule has 3 heterocycles. The van der Waals surface area contributed by atoms with Crippen molar-refractivity contribution < 1.29 is 19.0 Å². The number of para-hydroxylation sites is 1. The first-order chi connectivity index (χ1) is 17.7. The van der Waals surface area contributed by atoms with Crippen molar-refractivity contribution in [2.75, 3.05) is 18.1 Å². The topological polar surface area (TPSA) is 73.8 Å². The van der Waals surface area contributed by atoms with Gasteiger partial charge in [0.2, 0.25) is 0 Å². The van der Waals surface area contributed by atoms with E-state index in [1.165, 1.54) is 11.3 Å². The Labute approximate surface area is 211 Å². The van der Waals surface area contributed by atoms with Crippen LogP contribution in [0.5, 0.6) is 23.0 Å². The molecule has 0 aliphatic carbocycles. The summed E-state index contributed by atoms with van der Waals surface area (Å²) >= 11 is 1.43. The zero-order chi connectivity index (χ0) is 24.3. The monoisotopic (exact) mass is 495 g/mol. The zero-order valence-corrected chi connectivity index (χ0v) is 20.0. The molecular weight excluding hydrogens is 474 g/mol. The summed E-state index contributed by atoms with van der Waals surface area (Å²) in [5, 5.41) is 0.579. The number of thiazole rings is 1. The van der Waals surface area contributed by atoms with Crippen LogP contribution in [-0.4, -0.2) is 29.1 Å². The van der Waals surface area contributed by atoms with Gasteiger partial charge in [-0.25, -0.2) is 4.98 Å².